The molecule has 1 aliphatic rings. The van der Waals surface area contributed by atoms with E-state index in [2.05, 4.69) is 4.72 Å². The Hall–Kier alpha value is -1.51. The first-order valence-electron chi connectivity index (χ1n) is 6.30. The Bertz CT molecular complexity index is 602. The number of aliphatic hydroxyl groups is 1. The molecular formula is C12H16N2O5S. The number of nitrogens with zero attached hydrogens (tertiary/aromatic N) is 1. The van der Waals surface area contributed by atoms with E-state index in [0.29, 0.717) is 12.8 Å². The van der Waals surface area contributed by atoms with E-state index in [4.69, 9.17) is 0 Å². The topological polar surface area (TPSA) is 110 Å². The van der Waals surface area contributed by atoms with Crippen molar-refractivity contribution in [3.8, 4) is 0 Å². The van der Waals surface area contributed by atoms with Crippen molar-refractivity contribution >= 4 is 15.7 Å². The van der Waals surface area contributed by atoms with Gasteiger partial charge in [-0.15, -0.1) is 0 Å². The van der Waals surface area contributed by atoms with Crippen LogP contribution in [0.15, 0.2) is 29.2 Å². The zero-order chi connectivity index (χ0) is 14.8. The molecule has 2 N–H and O–H groups in total. The van der Waals surface area contributed by atoms with Gasteiger partial charge in [-0.3, -0.25) is 10.1 Å². The zero-order valence-corrected chi connectivity index (χ0v) is 11.5. The van der Waals surface area contributed by atoms with Crippen molar-refractivity contribution < 1.29 is 18.4 Å². The maximum absolute atomic E-state index is 12.0. The summed E-state index contributed by atoms with van der Waals surface area (Å²) in [5.41, 5.74) is -0.260. The summed E-state index contributed by atoms with van der Waals surface area (Å²) < 4.78 is 26.5. The Morgan fingerprint density at radius 2 is 2.15 bits per heavy atom. The van der Waals surface area contributed by atoms with E-state index in [9.17, 15) is 23.6 Å². The number of hydrogen-bond acceptors (Lipinski definition) is 5. The summed E-state index contributed by atoms with van der Waals surface area (Å²) in [4.78, 5) is 9.89. The minimum atomic E-state index is -3.76. The number of hydrogen-bond donors (Lipinski definition) is 2. The first kappa shape index (κ1) is 14.9. The van der Waals surface area contributed by atoms with Crippen molar-refractivity contribution in [3.05, 3.63) is 34.4 Å². The SMILES string of the molecule is O=[N+]([O-])c1cccc(S(=O)(=O)NCC2CCC(O)C2)c1. The van der Waals surface area contributed by atoms with Gasteiger partial charge in [0.25, 0.3) is 5.69 Å². The van der Waals surface area contributed by atoms with Crippen molar-refractivity contribution in [1.29, 1.82) is 0 Å². The summed E-state index contributed by atoms with van der Waals surface area (Å²) in [6.45, 7) is 0.238. The Kier molecular flexibility index (Phi) is 4.36. The molecule has 1 aromatic carbocycles. The van der Waals surface area contributed by atoms with E-state index in [1.54, 1.807) is 0 Å². The molecule has 7 nitrogen and oxygen atoms in total. The fourth-order valence-electron chi connectivity index (χ4n) is 2.31. The third kappa shape index (κ3) is 3.53. The van der Waals surface area contributed by atoms with Crippen molar-refractivity contribution in [2.75, 3.05) is 6.54 Å². The molecular weight excluding hydrogens is 284 g/mol. The molecule has 0 heterocycles. The summed E-state index contributed by atoms with van der Waals surface area (Å²) in [5.74, 6) is 0.110. The van der Waals surface area contributed by atoms with Crippen LogP contribution in [0, 0.1) is 16.0 Å². The van der Waals surface area contributed by atoms with Gasteiger partial charge in [-0.1, -0.05) is 6.07 Å². The summed E-state index contributed by atoms with van der Waals surface area (Å²) in [6, 6.07) is 4.93. The Morgan fingerprint density at radius 3 is 2.75 bits per heavy atom. The molecule has 0 aromatic heterocycles. The summed E-state index contributed by atoms with van der Waals surface area (Å²) in [6.07, 6.45) is 1.68. The van der Waals surface area contributed by atoms with Gasteiger partial charge in [-0.2, -0.15) is 0 Å². The van der Waals surface area contributed by atoms with Crippen LogP contribution in [0.1, 0.15) is 19.3 Å². The molecule has 0 aliphatic heterocycles. The van der Waals surface area contributed by atoms with E-state index in [1.807, 2.05) is 0 Å². The largest absolute Gasteiger partial charge is 0.393 e. The van der Waals surface area contributed by atoms with Crippen LogP contribution in [0.2, 0.25) is 0 Å². The monoisotopic (exact) mass is 300 g/mol. The molecule has 0 saturated heterocycles. The second-order valence-corrected chi connectivity index (χ2v) is 6.71. The smallest absolute Gasteiger partial charge is 0.270 e. The van der Waals surface area contributed by atoms with Crippen molar-refractivity contribution in [1.82, 2.24) is 4.72 Å². The average molecular weight is 300 g/mol. The quantitative estimate of drug-likeness (QED) is 0.623. The molecule has 0 bridgehead atoms. The maximum atomic E-state index is 12.0. The van der Waals surface area contributed by atoms with Crippen LogP contribution in [0.5, 0.6) is 0 Å². The van der Waals surface area contributed by atoms with E-state index < -0.39 is 14.9 Å². The van der Waals surface area contributed by atoms with Crippen LogP contribution in [0.4, 0.5) is 5.69 Å². The van der Waals surface area contributed by atoms with Gasteiger partial charge in [0.15, 0.2) is 0 Å². The number of nitro benzene ring substituents is 1. The van der Waals surface area contributed by atoms with Gasteiger partial charge in [-0.25, -0.2) is 13.1 Å². The van der Waals surface area contributed by atoms with Gasteiger partial charge in [-0.05, 0) is 31.2 Å². The van der Waals surface area contributed by atoms with E-state index in [1.165, 1.54) is 18.2 Å². The Balaban J connectivity index is 2.06. The van der Waals surface area contributed by atoms with Crippen molar-refractivity contribution in [2.45, 2.75) is 30.3 Å². The fraction of sp³-hybridized carbons (Fsp3) is 0.500. The summed E-state index contributed by atoms with van der Waals surface area (Å²) in [7, 11) is -3.76. The second-order valence-electron chi connectivity index (χ2n) is 4.94. The highest BCUT2D eigenvalue weighted by Gasteiger charge is 2.25. The number of benzene rings is 1. The molecule has 1 fully saturated rings. The molecule has 2 rings (SSSR count). The van der Waals surface area contributed by atoms with Crippen LogP contribution >= 0.6 is 0 Å². The van der Waals surface area contributed by atoms with Crippen LogP contribution in [0.3, 0.4) is 0 Å². The molecule has 8 heteroatoms. The predicted octanol–water partition coefficient (Wildman–Crippen LogP) is 1.03. The average Bonchev–Trinajstić information content (AvgIpc) is 2.82. The third-order valence-electron chi connectivity index (χ3n) is 3.41. The van der Waals surface area contributed by atoms with Crippen molar-refractivity contribution in [2.24, 2.45) is 5.92 Å². The number of non-ortho nitro benzene ring substituents is 1. The molecule has 2 atom stereocenters. The first-order valence-corrected chi connectivity index (χ1v) is 7.79. The van der Waals surface area contributed by atoms with Gasteiger partial charge in [0.05, 0.1) is 15.9 Å². The summed E-state index contributed by atoms with van der Waals surface area (Å²) >= 11 is 0. The zero-order valence-electron chi connectivity index (χ0n) is 10.7. The van der Waals surface area contributed by atoms with Crippen LogP contribution < -0.4 is 4.72 Å². The van der Waals surface area contributed by atoms with Crippen LogP contribution in [-0.2, 0) is 10.0 Å². The summed E-state index contributed by atoms with van der Waals surface area (Å²) in [5, 5.41) is 20.0. The Labute approximate surface area is 116 Å². The fourth-order valence-corrected chi connectivity index (χ4v) is 3.46. The van der Waals surface area contributed by atoms with E-state index in [-0.39, 0.29) is 29.1 Å². The van der Waals surface area contributed by atoms with Gasteiger partial charge in [0.2, 0.25) is 10.0 Å². The molecule has 1 aromatic rings. The predicted molar refractivity (Wildman–Crippen MR) is 71.6 cm³/mol. The Morgan fingerprint density at radius 1 is 1.40 bits per heavy atom. The standard InChI is InChI=1S/C12H16N2O5S/c15-11-5-4-9(6-11)8-13-20(18,19)12-3-1-2-10(7-12)14(16)17/h1-3,7,9,11,13,15H,4-6,8H2. The lowest BCUT2D eigenvalue weighted by molar-refractivity contribution is -0.385. The van der Waals surface area contributed by atoms with Gasteiger partial charge < -0.3 is 5.11 Å². The highest BCUT2D eigenvalue weighted by molar-refractivity contribution is 7.89. The van der Waals surface area contributed by atoms with E-state index in [0.717, 1.165) is 12.5 Å². The maximum Gasteiger partial charge on any atom is 0.270 e. The lowest BCUT2D eigenvalue weighted by Gasteiger charge is -2.11. The molecule has 0 radical (unpaired) electrons. The molecule has 20 heavy (non-hydrogen) atoms. The van der Waals surface area contributed by atoms with Crippen LogP contribution in [0.25, 0.3) is 0 Å². The van der Waals surface area contributed by atoms with Crippen molar-refractivity contribution in [3.63, 3.8) is 0 Å². The van der Waals surface area contributed by atoms with Gasteiger partial charge >= 0.3 is 0 Å². The minimum Gasteiger partial charge on any atom is -0.393 e. The normalized spacial score (nSPS) is 22.9. The molecule has 1 saturated carbocycles. The number of sulfonamides is 1. The molecule has 1 aliphatic carbocycles. The lowest BCUT2D eigenvalue weighted by atomic mass is 10.1. The molecule has 2 unspecified atom stereocenters. The molecule has 0 spiro atoms. The second kappa shape index (κ2) is 5.86. The molecule has 110 valence electrons. The van der Waals surface area contributed by atoms with Gasteiger partial charge in [0, 0.05) is 18.7 Å². The molecule has 0 amide bonds. The number of aliphatic hydroxyl groups excluding tert-OH is 1. The highest BCUT2D eigenvalue weighted by atomic mass is 32.2. The third-order valence-corrected chi connectivity index (χ3v) is 4.84. The first-order chi connectivity index (χ1) is 9.38. The van der Waals surface area contributed by atoms with E-state index >= 15 is 0 Å². The number of nitrogens with one attached hydrogen (secondary N) is 1. The highest BCUT2D eigenvalue weighted by Crippen LogP contribution is 2.25. The lowest BCUT2D eigenvalue weighted by Crippen LogP contribution is -2.28. The number of nitro groups is 1. The minimum absolute atomic E-state index is 0.110. The number of rotatable bonds is 5. The van der Waals surface area contributed by atoms with Gasteiger partial charge in [0.1, 0.15) is 0 Å². The van der Waals surface area contributed by atoms with Crippen LogP contribution in [-0.4, -0.2) is 31.1 Å².